The van der Waals surface area contributed by atoms with Gasteiger partial charge in [-0.2, -0.15) is 0 Å². The third kappa shape index (κ3) is 4.19. The molecule has 2 aromatic rings. The quantitative estimate of drug-likeness (QED) is 0.762. The zero-order valence-electron chi connectivity index (χ0n) is 18.3. The van der Waals surface area contributed by atoms with Crippen molar-refractivity contribution < 1.29 is 14.3 Å². The smallest absolute Gasteiger partial charge is 0.258 e. The molecule has 0 atom stereocenters. The monoisotopic (exact) mass is 429 g/mol. The van der Waals surface area contributed by atoms with Crippen LogP contribution in [0.1, 0.15) is 51.0 Å². The first-order valence-electron chi connectivity index (χ1n) is 10.6. The number of hydrogen-bond donors (Lipinski definition) is 1. The van der Waals surface area contributed by atoms with E-state index < -0.39 is 0 Å². The fraction of sp³-hybridized carbons (Fsp3) is 0.522. The van der Waals surface area contributed by atoms with Crippen LogP contribution in [-0.4, -0.2) is 56.1 Å². The SMILES string of the molecule is COc1cc(OC)c(C(C)C)cc1C(=O)N1Cc2cc(CN3CCNCC3)sc2C1. The summed E-state index contributed by atoms with van der Waals surface area (Å²) in [5.74, 6) is 1.60. The Bertz CT molecular complexity index is 895. The van der Waals surface area contributed by atoms with E-state index in [0.29, 0.717) is 24.4 Å². The van der Waals surface area contributed by atoms with Gasteiger partial charge in [0, 0.05) is 55.1 Å². The average Bonchev–Trinajstić information content (AvgIpc) is 3.31. The molecule has 2 aliphatic heterocycles. The molecule has 0 unspecified atom stereocenters. The Morgan fingerprint density at radius 2 is 1.83 bits per heavy atom. The second-order valence-electron chi connectivity index (χ2n) is 8.30. The van der Waals surface area contributed by atoms with E-state index >= 15 is 0 Å². The highest BCUT2D eigenvalue weighted by molar-refractivity contribution is 7.12. The Hall–Kier alpha value is -2.09. The highest BCUT2D eigenvalue weighted by Crippen LogP contribution is 2.37. The molecule has 0 aliphatic carbocycles. The van der Waals surface area contributed by atoms with Crippen molar-refractivity contribution >= 4 is 17.2 Å². The summed E-state index contributed by atoms with van der Waals surface area (Å²) in [6, 6.07) is 6.06. The molecule has 1 aromatic carbocycles. The number of ether oxygens (including phenoxy) is 2. The number of rotatable bonds is 6. The van der Waals surface area contributed by atoms with Crippen LogP contribution >= 0.6 is 11.3 Å². The molecule has 1 saturated heterocycles. The maximum absolute atomic E-state index is 13.4. The van der Waals surface area contributed by atoms with E-state index in [1.807, 2.05) is 28.4 Å². The van der Waals surface area contributed by atoms with Crippen molar-refractivity contribution in [3.05, 3.63) is 44.6 Å². The molecule has 0 spiro atoms. The lowest BCUT2D eigenvalue weighted by Crippen LogP contribution is -2.42. The van der Waals surface area contributed by atoms with Gasteiger partial charge < -0.3 is 19.7 Å². The van der Waals surface area contributed by atoms with Gasteiger partial charge in [0.2, 0.25) is 0 Å². The number of benzene rings is 1. The number of carbonyl (C=O) groups is 1. The first-order chi connectivity index (χ1) is 14.5. The van der Waals surface area contributed by atoms with Crippen LogP contribution < -0.4 is 14.8 Å². The van der Waals surface area contributed by atoms with Crippen LogP contribution in [0.4, 0.5) is 0 Å². The van der Waals surface area contributed by atoms with E-state index in [9.17, 15) is 4.79 Å². The first-order valence-corrected chi connectivity index (χ1v) is 11.4. The standard InChI is InChI=1S/C23H31N3O3S/c1-15(2)18-10-19(21(29-4)11-20(18)28-3)23(27)26-12-16-9-17(30-22(16)14-26)13-25-7-5-24-6-8-25/h9-11,15,24H,5-8,12-14H2,1-4H3. The highest BCUT2D eigenvalue weighted by atomic mass is 32.1. The van der Waals surface area contributed by atoms with E-state index in [4.69, 9.17) is 9.47 Å². The number of methoxy groups -OCH3 is 2. The second-order valence-corrected chi connectivity index (χ2v) is 9.52. The molecular weight excluding hydrogens is 398 g/mol. The molecule has 1 aromatic heterocycles. The van der Waals surface area contributed by atoms with Gasteiger partial charge in [-0.1, -0.05) is 13.8 Å². The van der Waals surface area contributed by atoms with Gasteiger partial charge in [0.25, 0.3) is 5.91 Å². The van der Waals surface area contributed by atoms with Gasteiger partial charge in [-0.25, -0.2) is 0 Å². The first kappa shape index (κ1) is 21.2. The number of fused-ring (bicyclic) bond motifs is 1. The van der Waals surface area contributed by atoms with Crippen LogP contribution in [0.3, 0.4) is 0 Å². The van der Waals surface area contributed by atoms with Crippen molar-refractivity contribution in [2.45, 2.75) is 39.4 Å². The Morgan fingerprint density at radius 3 is 2.47 bits per heavy atom. The van der Waals surface area contributed by atoms with Crippen molar-refractivity contribution in [2.24, 2.45) is 0 Å². The normalized spacial score (nSPS) is 16.8. The van der Waals surface area contributed by atoms with Crippen LogP contribution in [0.2, 0.25) is 0 Å². The molecular formula is C23H31N3O3S. The molecule has 6 nitrogen and oxygen atoms in total. The Morgan fingerprint density at radius 1 is 1.10 bits per heavy atom. The van der Waals surface area contributed by atoms with Crippen molar-refractivity contribution in [2.75, 3.05) is 40.4 Å². The molecule has 1 fully saturated rings. The molecule has 4 rings (SSSR count). The topological polar surface area (TPSA) is 54.0 Å². The van der Waals surface area contributed by atoms with Crippen molar-refractivity contribution in [3.8, 4) is 11.5 Å². The number of amides is 1. The number of thiophene rings is 1. The van der Waals surface area contributed by atoms with Crippen LogP contribution in [0.15, 0.2) is 18.2 Å². The van der Waals surface area contributed by atoms with E-state index in [2.05, 4.69) is 30.1 Å². The van der Waals surface area contributed by atoms with E-state index in [1.54, 1.807) is 14.2 Å². The van der Waals surface area contributed by atoms with Crippen LogP contribution in [0.25, 0.3) is 0 Å². The summed E-state index contributed by atoms with van der Waals surface area (Å²) in [4.78, 5) is 20.5. The summed E-state index contributed by atoms with van der Waals surface area (Å²) in [5.41, 5.74) is 2.92. The molecule has 3 heterocycles. The average molecular weight is 430 g/mol. The maximum atomic E-state index is 13.4. The largest absolute Gasteiger partial charge is 0.496 e. The van der Waals surface area contributed by atoms with Gasteiger partial charge in [-0.3, -0.25) is 9.69 Å². The van der Waals surface area contributed by atoms with Gasteiger partial charge in [-0.05, 0) is 29.2 Å². The number of nitrogens with zero attached hydrogens (tertiary/aromatic N) is 2. The predicted molar refractivity (Wildman–Crippen MR) is 120 cm³/mol. The third-order valence-corrected chi connectivity index (χ3v) is 7.07. The molecule has 0 bridgehead atoms. The molecule has 1 N–H and O–H groups in total. The summed E-state index contributed by atoms with van der Waals surface area (Å²) in [6.45, 7) is 10.9. The minimum Gasteiger partial charge on any atom is -0.496 e. The Kier molecular flexibility index (Phi) is 6.32. The second kappa shape index (κ2) is 8.96. The van der Waals surface area contributed by atoms with Crippen molar-refractivity contribution in [1.82, 2.24) is 15.1 Å². The predicted octanol–water partition coefficient (Wildman–Crippen LogP) is 3.45. The molecule has 7 heteroatoms. The number of hydrogen-bond acceptors (Lipinski definition) is 6. The zero-order chi connectivity index (χ0) is 21.3. The van der Waals surface area contributed by atoms with Gasteiger partial charge in [0.1, 0.15) is 11.5 Å². The van der Waals surface area contributed by atoms with E-state index in [0.717, 1.165) is 44.0 Å². The summed E-state index contributed by atoms with van der Waals surface area (Å²) < 4.78 is 11.0. The Labute approximate surface area is 182 Å². The van der Waals surface area contributed by atoms with E-state index in [1.165, 1.54) is 15.3 Å². The molecule has 0 radical (unpaired) electrons. The number of piperazine rings is 1. The number of carbonyl (C=O) groups excluding carboxylic acids is 1. The minimum atomic E-state index is 0.0171. The molecule has 2 aliphatic rings. The lowest BCUT2D eigenvalue weighted by Gasteiger charge is -2.26. The summed E-state index contributed by atoms with van der Waals surface area (Å²) >= 11 is 1.85. The third-order valence-electron chi connectivity index (χ3n) is 5.92. The molecule has 0 saturated carbocycles. The maximum Gasteiger partial charge on any atom is 0.258 e. The highest BCUT2D eigenvalue weighted by Gasteiger charge is 2.29. The van der Waals surface area contributed by atoms with Crippen LogP contribution in [0, 0.1) is 0 Å². The lowest BCUT2D eigenvalue weighted by atomic mass is 9.98. The van der Waals surface area contributed by atoms with E-state index in [-0.39, 0.29) is 11.8 Å². The lowest BCUT2D eigenvalue weighted by molar-refractivity contribution is 0.0748. The van der Waals surface area contributed by atoms with Crippen molar-refractivity contribution in [3.63, 3.8) is 0 Å². The Balaban J connectivity index is 1.50. The minimum absolute atomic E-state index is 0.0171. The zero-order valence-corrected chi connectivity index (χ0v) is 19.1. The van der Waals surface area contributed by atoms with Gasteiger partial charge in [-0.15, -0.1) is 11.3 Å². The summed E-state index contributed by atoms with van der Waals surface area (Å²) in [5, 5.41) is 3.40. The molecule has 162 valence electrons. The fourth-order valence-corrected chi connectivity index (χ4v) is 5.49. The fourth-order valence-electron chi connectivity index (χ4n) is 4.25. The number of nitrogens with one attached hydrogen (secondary N) is 1. The van der Waals surface area contributed by atoms with Gasteiger partial charge >= 0.3 is 0 Å². The van der Waals surface area contributed by atoms with Crippen LogP contribution in [0.5, 0.6) is 11.5 Å². The van der Waals surface area contributed by atoms with Gasteiger partial charge in [0.05, 0.1) is 26.3 Å². The van der Waals surface area contributed by atoms with Crippen molar-refractivity contribution in [1.29, 1.82) is 0 Å². The molecule has 1 amide bonds. The van der Waals surface area contributed by atoms with Crippen LogP contribution in [-0.2, 0) is 19.6 Å². The molecule has 30 heavy (non-hydrogen) atoms. The summed E-state index contributed by atoms with van der Waals surface area (Å²) in [6.07, 6.45) is 0. The van der Waals surface area contributed by atoms with Gasteiger partial charge in [0.15, 0.2) is 0 Å². The summed E-state index contributed by atoms with van der Waals surface area (Å²) in [7, 11) is 3.25.